The number of nitrogens with one attached hydrogen (secondary N) is 1. The fourth-order valence-electron chi connectivity index (χ4n) is 1.95. The summed E-state index contributed by atoms with van der Waals surface area (Å²) < 4.78 is 5.34. The molecule has 0 saturated carbocycles. The van der Waals surface area contributed by atoms with Crippen molar-refractivity contribution in [3.8, 4) is 0 Å². The summed E-state index contributed by atoms with van der Waals surface area (Å²) in [6, 6.07) is 0.687. The highest BCUT2D eigenvalue weighted by Gasteiger charge is 2.12. The molecule has 1 N–H and O–H groups in total. The van der Waals surface area contributed by atoms with Crippen molar-refractivity contribution in [3.63, 3.8) is 0 Å². The van der Waals surface area contributed by atoms with E-state index in [0.29, 0.717) is 6.04 Å². The highest BCUT2D eigenvalue weighted by Crippen LogP contribution is 2.05. The minimum Gasteiger partial charge on any atom is -0.381 e. The van der Waals surface area contributed by atoms with Crippen LogP contribution in [0.3, 0.4) is 0 Å². The van der Waals surface area contributed by atoms with Crippen molar-refractivity contribution in [1.82, 2.24) is 10.2 Å². The predicted molar refractivity (Wildman–Crippen MR) is 68.8 cm³/mol. The molecule has 0 aromatic heterocycles. The van der Waals surface area contributed by atoms with E-state index < -0.39 is 0 Å². The van der Waals surface area contributed by atoms with Crippen molar-refractivity contribution in [1.29, 1.82) is 0 Å². The monoisotopic (exact) mass is 228 g/mol. The molecule has 0 amide bonds. The maximum Gasteiger partial charge on any atom is 0.0480 e. The molecule has 1 saturated heterocycles. The molecular weight excluding hydrogens is 200 g/mol. The van der Waals surface area contributed by atoms with E-state index in [1.165, 1.54) is 25.8 Å². The average molecular weight is 228 g/mol. The number of nitrogens with zero attached hydrogens (tertiary/aromatic N) is 1. The minimum absolute atomic E-state index is 0.687. The molecule has 96 valence electrons. The molecule has 1 fully saturated rings. The molecule has 0 aromatic rings. The summed E-state index contributed by atoms with van der Waals surface area (Å²) >= 11 is 0. The van der Waals surface area contributed by atoms with Gasteiger partial charge in [0.25, 0.3) is 0 Å². The molecular formula is C13H28N2O. The lowest BCUT2D eigenvalue weighted by atomic mass is 10.1. The van der Waals surface area contributed by atoms with Gasteiger partial charge in [-0.05, 0) is 38.8 Å². The zero-order valence-electron chi connectivity index (χ0n) is 11.2. The molecule has 0 aromatic carbocycles. The molecule has 0 bridgehead atoms. The van der Waals surface area contributed by atoms with E-state index in [1.54, 1.807) is 0 Å². The van der Waals surface area contributed by atoms with Crippen LogP contribution in [0.1, 0.15) is 33.1 Å². The van der Waals surface area contributed by atoms with Gasteiger partial charge in [-0.3, -0.25) is 0 Å². The van der Waals surface area contributed by atoms with Crippen molar-refractivity contribution in [2.45, 2.75) is 39.2 Å². The third-order valence-electron chi connectivity index (χ3n) is 3.24. The van der Waals surface area contributed by atoms with Crippen LogP contribution in [0.2, 0.25) is 0 Å². The van der Waals surface area contributed by atoms with Gasteiger partial charge in [0, 0.05) is 32.3 Å². The van der Waals surface area contributed by atoms with Crippen LogP contribution in [0.15, 0.2) is 0 Å². The lowest BCUT2D eigenvalue weighted by molar-refractivity contribution is 0.0774. The second kappa shape index (κ2) is 8.04. The Kier molecular flexibility index (Phi) is 7.01. The first-order valence-corrected chi connectivity index (χ1v) is 6.68. The topological polar surface area (TPSA) is 24.5 Å². The Morgan fingerprint density at radius 1 is 1.25 bits per heavy atom. The predicted octanol–water partition coefficient (Wildman–Crippen LogP) is 1.73. The van der Waals surface area contributed by atoms with Crippen molar-refractivity contribution >= 4 is 0 Å². The smallest absolute Gasteiger partial charge is 0.0480 e. The quantitative estimate of drug-likeness (QED) is 0.718. The Balaban J connectivity index is 1.96. The number of hydrogen-bond acceptors (Lipinski definition) is 3. The van der Waals surface area contributed by atoms with Gasteiger partial charge in [-0.25, -0.2) is 0 Å². The van der Waals surface area contributed by atoms with Crippen LogP contribution in [-0.2, 0) is 4.74 Å². The second-order valence-electron chi connectivity index (χ2n) is 5.33. The van der Waals surface area contributed by atoms with Crippen LogP contribution in [0.4, 0.5) is 0 Å². The van der Waals surface area contributed by atoms with Gasteiger partial charge < -0.3 is 15.0 Å². The second-order valence-corrected chi connectivity index (χ2v) is 5.33. The Morgan fingerprint density at radius 3 is 2.56 bits per heavy atom. The van der Waals surface area contributed by atoms with Crippen LogP contribution in [0.25, 0.3) is 0 Å². The zero-order chi connectivity index (χ0) is 11.8. The van der Waals surface area contributed by atoms with Crippen LogP contribution < -0.4 is 5.32 Å². The lowest BCUT2D eigenvalue weighted by Crippen LogP contribution is -2.39. The molecule has 1 rings (SSSR count). The number of hydrogen-bond donors (Lipinski definition) is 1. The van der Waals surface area contributed by atoms with Crippen LogP contribution in [-0.4, -0.2) is 50.8 Å². The van der Waals surface area contributed by atoms with E-state index in [2.05, 4.69) is 31.1 Å². The molecule has 0 atom stereocenters. The molecule has 3 nitrogen and oxygen atoms in total. The Hall–Kier alpha value is -0.120. The summed E-state index contributed by atoms with van der Waals surface area (Å²) in [6.07, 6.45) is 3.65. The molecule has 16 heavy (non-hydrogen) atoms. The summed E-state index contributed by atoms with van der Waals surface area (Å²) in [5.41, 5.74) is 0. The third-order valence-corrected chi connectivity index (χ3v) is 3.24. The Labute approximate surface area is 101 Å². The molecule has 1 aliphatic rings. The Morgan fingerprint density at radius 2 is 1.94 bits per heavy atom. The van der Waals surface area contributed by atoms with Gasteiger partial charge in [0.1, 0.15) is 0 Å². The van der Waals surface area contributed by atoms with Crippen LogP contribution in [0.5, 0.6) is 0 Å². The highest BCUT2D eigenvalue weighted by molar-refractivity contribution is 4.70. The average Bonchev–Trinajstić information content (AvgIpc) is 2.28. The van der Waals surface area contributed by atoms with Crippen molar-refractivity contribution < 1.29 is 4.74 Å². The van der Waals surface area contributed by atoms with Gasteiger partial charge in [-0.2, -0.15) is 0 Å². The third kappa shape index (κ3) is 6.46. The van der Waals surface area contributed by atoms with Gasteiger partial charge in [-0.1, -0.05) is 13.8 Å². The van der Waals surface area contributed by atoms with Gasteiger partial charge in [0.15, 0.2) is 0 Å². The molecule has 1 heterocycles. The van der Waals surface area contributed by atoms with E-state index in [4.69, 9.17) is 4.74 Å². The maximum absolute atomic E-state index is 5.34. The largest absolute Gasteiger partial charge is 0.381 e. The number of likely N-dealkylation sites (N-methyl/N-ethyl adjacent to an activating group) is 1. The number of ether oxygens (including phenoxy) is 1. The first-order chi connectivity index (χ1) is 7.68. The standard InChI is InChI=1S/C13H28N2O/c1-12(2)4-8-15(3)9-7-14-13-5-10-16-11-6-13/h12-14H,4-11H2,1-3H3. The summed E-state index contributed by atoms with van der Waals surface area (Å²) in [5, 5.41) is 3.62. The van der Waals surface area contributed by atoms with Gasteiger partial charge >= 0.3 is 0 Å². The summed E-state index contributed by atoms with van der Waals surface area (Å²) in [7, 11) is 2.22. The van der Waals surface area contributed by atoms with E-state index in [1.807, 2.05) is 0 Å². The van der Waals surface area contributed by atoms with Gasteiger partial charge in [-0.15, -0.1) is 0 Å². The molecule has 0 radical (unpaired) electrons. The van der Waals surface area contributed by atoms with E-state index in [-0.39, 0.29) is 0 Å². The number of rotatable bonds is 7. The lowest BCUT2D eigenvalue weighted by Gasteiger charge is -2.25. The molecule has 0 spiro atoms. The molecule has 3 heteroatoms. The fraction of sp³-hybridized carbons (Fsp3) is 1.00. The first kappa shape index (κ1) is 13.9. The highest BCUT2D eigenvalue weighted by atomic mass is 16.5. The zero-order valence-corrected chi connectivity index (χ0v) is 11.2. The molecule has 0 aliphatic carbocycles. The van der Waals surface area contributed by atoms with Crippen molar-refractivity contribution in [3.05, 3.63) is 0 Å². The van der Waals surface area contributed by atoms with Crippen molar-refractivity contribution in [2.24, 2.45) is 5.92 Å². The van der Waals surface area contributed by atoms with Gasteiger partial charge in [0.2, 0.25) is 0 Å². The summed E-state index contributed by atoms with van der Waals surface area (Å²) in [6.45, 7) is 9.92. The van der Waals surface area contributed by atoms with E-state index >= 15 is 0 Å². The van der Waals surface area contributed by atoms with Crippen molar-refractivity contribution in [2.75, 3.05) is 39.9 Å². The molecule has 1 aliphatic heterocycles. The minimum atomic E-state index is 0.687. The van der Waals surface area contributed by atoms with Crippen LogP contribution >= 0.6 is 0 Å². The Bertz CT molecular complexity index is 167. The van der Waals surface area contributed by atoms with Gasteiger partial charge in [0.05, 0.1) is 0 Å². The van der Waals surface area contributed by atoms with Crippen LogP contribution in [0, 0.1) is 5.92 Å². The molecule has 0 unspecified atom stereocenters. The van der Waals surface area contributed by atoms with E-state index in [0.717, 1.165) is 32.2 Å². The SMILES string of the molecule is CC(C)CCN(C)CCNC1CCOCC1. The summed E-state index contributed by atoms with van der Waals surface area (Å²) in [4.78, 5) is 2.42. The fourth-order valence-corrected chi connectivity index (χ4v) is 1.95. The normalized spacial score (nSPS) is 18.6. The first-order valence-electron chi connectivity index (χ1n) is 6.68. The summed E-state index contributed by atoms with van der Waals surface area (Å²) in [5.74, 6) is 0.811. The van der Waals surface area contributed by atoms with E-state index in [9.17, 15) is 0 Å². The maximum atomic E-state index is 5.34.